The molecule has 2 aliphatic carbocycles. The molecule has 3 rings (SSSR count). The molecular formula is C9H11NO4. The summed E-state index contributed by atoms with van der Waals surface area (Å²) in [5.41, 5.74) is 5.24. The Labute approximate surface area is 80.2 Å². The highest BCUT2D eigenvalue weighted by Crippen LogP contribution is 2.57. The molecular weight excluding hydrogens is 186 g/mol. The summed E-state index contributed by atoms with van der Waals surface area (Å²) in [6, 6.07) is 0. The van der Waals surface area contributed by atoms with Gasteiger partial charge in [-0.05, 0) is 6.42 Å². The van der Waals surface area contributed by atoms with Crippen LogP contribution in [0, 0.1) is 23.7 Å². The topological polar surface area (TPSA) is 89.6 Å². The van der Waals surface area contributed by atoms with Crippen LogP contribution in [0.4, 0.5) is 0 Å². The predicted octanol–water partition coefficient (Wildman–Crippen LogP) is -1.36. The number of aliphatic hydroxyl groups is 1. The number of hydrogen-bond donors (Lipinski definition) is 2. The molecule has 0 aromatic carbocycles. The van der Waals surface area contributed by atoms with Crippen molar-refractivity contribution in [3.05, 3.63) is 0 Å². The molecule has 0 radical (unpaired) electrons. The summed E-state index contributed by atoms with van der Waals surface area (Å²) in [4.78, 5) is 22.6. The van der Waals surface area contributed by atoms with Crippen LogP contribution in [0.3, 0.4) is 0 Å². The Hall–Kier alpha value is -1.10. The zero-order chi connectivity index (χ0) is 10.0. The van der Waals surface area contributed by atoms with Crippen molar-refractivity contribution in [2.24, 2.45) is 29.4 Å². The van der Waals surface area contributed by atoms with Gasteiger partial charge in [0.05, 0.1) is 17.9 Å². The van der Waals surface area contributed by atoms with E-state index in [1.54, 1.807) is 0 Å². The lowest BCUT2D eigenvalue weighted by molar-refractivity contribution is -0.146. The first-order valence-corrected chi connectivity index (χ1v) is 4.79. The molecule has 5 nitrogen and oxygen atoms in total. The van der Waals surface area contributed by atoms with E-state index in [1.807, 2.05) is 0 Å². The lowest BCUT2D eigenvalue weighted by atomic mass is 9.78. The molecule has 6 unspecified atom stereocenters. The molecule has 3 N–H and O–H groups in total. The molecule has 1 saturated heterocycles. The maximum absolute atomic E-state index is 11.4. The Morgan fingerprint density at radius 1 is 1.50 bits per heavy atom. The van der Waals surface area contributed by atoms with Crippen molar-refractivity contribution in [2.45, 2.75) is 18.6 Å². The van der Waals surface area contributed by atoms with E-state index in [-0.39, 0.29) is 29.8 Å². The first kappa shape index (κ1) is 8.23. The maximum Gasteiger partial charge on any atom is 0.310 e. The number of amides is 1. The number of esters is 1. The van der Waals surface area contributed by atoms with Gasteiger partial charge in [-0.2, -0.15) is 0 Å². The normalized spacial score (nSPS) is 53.6. The van der Waals surface area contributed by atoms with E-state index in [0.717, 1.165) is 0 Å². The molecule has 1 aliphatic heterocycles. The lowest BCUT2D eigenvalue weighted by Crippen LogP contribution is -2.43. The number of carbonyl (C=O) groups excluding carboxylic acids is 2. The maximum atomic E-state index is 11.4. The van der Waals surface area contributed by atoms with Crippen molar-refractivity contribution in [1.29, 1.82) is 0 Å². The van der Waals surface area contributed by atoms with Gasteiger partial charge in [0.1, 0.15) is 6.10 Å². The van der Waals surface area contributed by atoms with Gasteiger partial charge in [-0.1, -0.05) is 0 Å². The Kier molecular flexibility index (Phi) is 1.34. The van der Waals surface area contributed by atoms with Crippen LogP contribution in [-0.4, -0.2) is 29.2 Å². The molecule has 6 atom stereocenters. The van der Waals surface area contributed by atoms with Crippen LogP contribution >= 0.6 is 0 Å². The zero-order valence-electron chi connectivity index (χ0n) is 7.42. The number of hydrogen-bond acceptors (Lipinski definition) is 4. The molecule has 1 heterocycles. The zero-order valence-corrected chi connectivity index (χ0v) is 7.42. The highest BCUT2D eigenvalue weighted by molar-refractivity contribution is 5.87. The van der Waals surface area contributed by atoms with Gasteiger partial charge in [0.25, 0.3) is 0 Å². The second kappa shape index (κ2) is 2.28. The fourth-order valence-electron chi connectivity index (χ4n) is 3.41. The smallest absolute Gasteiger partial charge is 0.310 e. The number of primary amides is 1. The third-order valence-corrected chi connectivity index (χ3v) is 3.90. The Bertz CT molecular complexity index is 329. The standard InChI is InChI=1S/C9H11NO4/c10-8(12)4-2-1-3-5(4)9(13)14-7(3)6(2)11/h2-7,11H,1H2,(H2,10,12). The van der Waals surface area contributed by atoms with Gasteiger partial charge in [0.15, 0.2) is 0 Å². The van der Waals surface area contributed by atoms with Crippen molar-refractivity contribution < 1.29 is 19.4 Å². The van der Waals surface area contributed by atoms with Gasteiger partial charge in [-0.25, -0.2) is 0 Å². The number of rotatable bonds is 1. The van der Waals surface area contributed by atoms with E-state index >= 15 is 0 Å². The quantitative estimate of drug-likeness (QED) is 0.508. The molecule has 2 bridgehead atoms. The van der Waals surface area contributed by atoms with Crippen molar-refractivity contribution in [3.8, 4) is 0 Å². The highest BCUT2D eigenvalue weighted by atomic mass is 16.6. The van der Waals surface area contributed by atoms with Crippen LogP contribution in [0.15, 0.2) is 0 Å². The minimum atomic E-state index is -0.694. The van der Waals surface area contributed by atoms with E-state index in [2.05, 4.69) is 0 Å². The van der Waals surface area contributed by atoms with Crippen LogP contribution in [0.2, 0.25) is 0 Å². The minimum Gasteiger partial charge on any atom is -0.459 e. The molecule has 0 spiro atoms. The molecule has 0 aromatic rings. The van der Waals surface area contributed by atoms with Crippen molar-refractivity contribution in [3.63, 3.8) is 0 Å². The van der Waals surface area contributed by atoms with Gasteiger partial charge in [0.2, 0.25) is 5.91 Å². The van der Waals surface area contributed by atoms with Gasteiger partial charge in [-0.3, -0.25) is 9.59 Å². The van der Waals surface area contributed by atoms with Crippen LogP contribution in [-0.2, 0) is 14.3 Å². The Balaban J connectivity index is 2.04. The first-order valence-electron chi connectivity index (χ1n) is 4.79. The molecule has 1 amide bonds. The second-order valence-electron chi connectivity index (χ2n) is 4.41. The molecule has 5 heteroatoms. The molecule has 14 heavy (non-hydrogen) atoms. The number of aliphatic hydroxyl groups excluding tert-OH is 1. The van der Waals surface area contributed by atoms with Gasteiger partial charge < -0.3 is 15.6 Å². The van der Waals surface area contributed by atoms with Crippen molar-refractivity contribution in [2.75, 3.05) is 0 Å². The number of carbonyl (C=O) groups is 2. The SMILES string of the molecule is NC(=O)C1C2CC3C(OC(=O)C31)C2O. The minimum absolute atomic E-state index is 0.0139. The molecule has 3 fully saturated rings. The van der Waals surface area contributed by atoms with E-state index in [9.17, 15) is 14.7 Å². The van der Waals surface area contributed by atoms with Crippen LogP contribution in [0.5, 0.6) is 0 Å². The number of fused-ring (bicyclic) bond motifs is 1. The van der Waals surface area contributed by atoms with E-state index in [0.29, 0.717) is 6.42 Å². The van der Waals surface area contributed by atoms with E-state index < -0.39 is 17.9 Å². The summed E-state index contributed by atoms with van der Waals surface area (Å²) in [5, 5.41) is 9.76. The second-order valence-corrected chi connectivity index (χ2v) is 4.41. The fourth-order valence-corrected chi connectivity index (χ4v) is 3.41. The highest BCUT2D eigenvalue weighted by Gasteiger charge is 2.67. The average molecular weight is 197 g/mol. The predicted molar refractivity (Wildman–Crippen MR) is 43.7 cm³/mol. The Morgan fingerprint density at radius 2 is 2.21 bits per heavy atom. The molecule has 0 aromatic heterocycles. The third kappa shape index (κ3) is 0.706. The van der Waals surface area contributed by atoms with E-state index in [4.69, 9.17) is 10.5 Å². The summed E-state index contributed by atoms with van der Waals surface area (Å²) >= 11 is 0. The summed E-state index contributed by atoms with van der Waals surface area (Å²) in [7, 11) is 0. The summed E-state index contributed by atoms with van der Waals surface area (Å²) < 4.78 is 5.04. The van der Waals surface area contributed by atoms with Gasteiger partial charge in [-0.15, -0.1) is 0 Å². The largest absolute Gasteiger partial charge is 0.459 e. The van der Waals surface area contributed by atoms with E-state index in [1.165, 1.54) is 0 Å². The lowest BCUT2D eigenvalue weighted by Gasteiger charge is -2.25. The third-order valence-electron chi connectivity index (χ3n) is 3.90. The summed E-state index contributed by atoms with van der Waals surface area (Å²) in [6.07, 6.45) is -0.385. The van der Waals surface area contributed by atoms with Crippen LogP contribution in [0.25, 0.3) is 0 Å². The van der Waals surface area contributed by atoms with Crippen LogP contribution < -0.4 is 5.73 Å². The van der Waals surface area contributed by atoms with Crippen molar-refractivity contribution in [1.82, 2.24) is 0 Å². The molecule has 3 aliphatic rings. The average Bonchev–Trinajstić information content (AvgIpc) is 2.67. The van der Waals surface area contributed by atoms with Gasteiger partial charge >= 0.3 is 5.97 Å². The Morgan fingerprint density at radius 3 is 2.86 bits per heavy atom. The first-order chi connectivity index (χ1) is 6.61. The number of ether oxygens (including phenoxy) is 1. The summed E-state index contributed by atoms with van der Waals surface area (Å²) in [6.45, 7) is 0. The molecule has 2 saturated carbocycles. The van der Waals surface area contributed by atoms with Crippen molar-refractivity contribution >= 4 is 11.9 Å². The molecule has 76 valence electrons. The monoisotopic (exact) mass is 197 g/mol. The van der Waals surface area contributed by atoms with Gasteiger partial charge in [0, 0.05) is 11.8 Å². The number of nitrogens with two attached hydrogens (primary N) is 1. The van der Waals surface area contributed by atoms with Crippen LogP contribution in [0.1, 0.15) is 6.42 Å². The fraction of sp³-hybridized carbons (Fsp3) is 0.778. The summed E-state index contributed by atoms with van der Waals surface area (Å²) in [5.74, 6) is -1.90.